The molecule has 5 rings (SSSR count). The fourth-order valence-electron chi connectivity index (χ4n) is 4.21. The van der Waals surface area contributed by atoms with Crippen LogP contribution < -0.4 is 4.90 Å². The van der Waals surface area contributed by atoms with Crippen molar-refractivity contribution in [1.29, 1.82) is 0 Å². The zero-order valence-electron chi connectivity index (χ0n) is 17.1. The van der Waals surface area contributed by atoms with Crippen LogP contribution in [0.25, 0.3) is 9.88 Å². The molecule has 4 heterocycles. The van der Waals surface area contributed by atoms with Crippen molar-refractivity contribution in [2.75, 3.05) is 25.0 Å². The van der Waals surface area contributed by atoms with Crippen molar-refractivity contribution in [2.24, 2.45) is 0 Å². The maximum atomic E-state index is 13.4. The summed E-state index contributed by atoms with van der Waals surface area (Å²) in [6.07, 6.45) is 6.40. The Morgan fingerprint density at radius 2 is 1.93 bits per heavy atom. The number of fused-ring (bicyclic) bond motifs is 1. The van der Waals surface area contributed by atoms with Gasteiger partial charge in [-0.05, 0) is 50.0 Å². The zero-order valence-corrected chi connectivity index (χ0v) is 18.8. The maximum Gasteiger partial charge on any atom is 0.273 e. The van der Waals surface area contributed by atoms with Gasteiger partial charge in [0, 0.05) is 36.8 Å². The van der Waals surface area contributed by atoms with E-state index in [0.717, 1.165) is 66.7 Å². The van der Waals surface area contributed by atoms with Gasteiger partial charge in [0.25, 0.3) is 5.91 Å². The number of rotatable bonds is 5. The summed E-state index contributed by atoms with van der Waals surface area (Å²) in [5.74, 6) is 0.709. The lowest BCUT2D eigenvalue weighted by Crippen LogP contribution is -2.31. The summed E-state index contributed by atoms with van der Waals surface area (Å²) in [6, 6.07) is 4.11. The minimum atomic E-state index is -0.0262. The number of amides is 1. The van der Waals surface area contributed by atoms with Crippen LogP contribution in [-0.2, 0) is 19.4 Å². The number of hydrogen-bond donors (Lipinski definition) is 0. The van der Waals surface area contributed by atoms with Gasteiger partial charge in [-0.1, -0.05) is 6.07 Å². The van der Waals surface area contributed by atoms with E-state index in [0.29, 0.717) is 12.2 Å². The largest absolute Gasteiger partial charge is 0.341 e. The van der Waals surface area contributed by atoms with Crippen LogP contribution in [0.2, 0.25) is 0 Å². The van der Waals surface area contributed by atoms with Crippen molar-refractivity contribution >= 4 is 34.5 Å². The van der Waals surface area contributed by atoms with Gasteiger partial charge >= 0.3 is 0 Å². The number of anilines is 1. The molecule has 1 aliphatic carbocycles. The van der Waals surface area contributed by atoms with Crippen LogP contribution in [0.4, 0.5) is 5.95 Å². The smallest absolute Gasteiger partial charge is 0.273 e. The Morgan fingerprint density at radius 3 is 2.73 bits per heavy atom. The Kier molecular flexibility index (Phi) is 5.52. The highest BCUT2D eigenvalue weighted by atomic mass is 32.1. The number of carbonyl (C=O) groups excluding carboxylic acids is 1. The molecule has 0 N–H and O–H groups in total. The molecular formula is C22H25N5OS2. The quantitative estimate of drug-likeness (QED) is 0.589. The molecule has 30 heavy (non-hydrogen) atoms. The SMILES string of the molecule is CN(Cc1csc(-c2cccs2)n1)C(=O)c1nc(N2CCCC2)nc2c1CCCC2. The van der Waals surface area contributed by atoms with Crippen molar-refractivity contribution in [1.82, 2.24) is 19.9 Å². The van der Waals surface area contributed by atoms with Crippen molar-refractivity contribution < 1.29 is 4.79 Å². The number of aryl methyl sites for hydroxylation is 1. The molecule has 3 aromatic heterocycles. The Bertz CT molecular complexity index is 1040. The van der Waals surface area contributed by atoms with E-state index in [1.54, 1.807) is 27.6 Å². The van der Waals surface area contributed by atoms with Crippen LogP contribution in [0.5, 0.6) is 0 Å². The highest BCUT2D eigenvalue weighted by Gasteiger charge is 2.27. The molecule has 0 radical (unpaired) electrons. The summed E-state index contributed by atoms with van der Waals surface area (Å²) in [5, 5.41) is 5.11. The predicted octanol–water partition coefficient (Wildman–Crippen LogP) is 4.41. The summed E-state index contributed by atoms with van der Waals surface area (Å²) in [7, 11) is 1.85. The van der Waals surface area contributed by atoms with E-state index in [9.17, 15) is 4.79 Å². The second-order valence-corrected chi connectivity index (χ2v) is 9.79. The minimum absolute atomic E-state index is 0.0262. The first-order valence-corrected chi connectivity index (χ1v) is 12.3. The maximum absolute atomic E-state index is 13.4. The van der Waals surface area contributed by atoms with Gasteiger partial charge in [-0.25, -0.2) is 15.0 Å². The minimum Gasteiger partial charge on any atom is -0.341 e. The highest BCUT2D eigenvalue weighted by molar-refractivity contribution is 7.20. The molecule has 156 valence electrons. The predicted molar refractivity (Wildman–Crippen MR) is 121 cm³/mol. The van der Waals surface area contributed by atoms with Gasteiger partial charge in [0.15, 0.2) is 0 Å². The summed E-state index contributed by atoms with van der Waals surface area (Å²) in [6.45, 7) is 2.44. The van der Waals surface area contributed by atoms with Crippen LogP contribution in [0.1, 0.15) is 53.1 Å². The molecule has 0 saturated carbocycles. The third-order valence-corrected chi connectivity index (χ3v) is 7.72. The fraction of sp³-hybridized carbons (Fsp3) is 0.455. The van der Waals surface area contributed by atoms with E-state index in [-0.39, 0.29) is 5.91 Å². The molecular weight excluding hydrogens is 414 g/mol. The Morgan fingerprint density at radius 1 is 1.10 bits per heavy atom. The van der Waals surface area contributed by atoms with Gasteiger partial charge in [-0.15, -0.1) is 22.7 Å². The van der Waals surface area contributed by atoms with Gasteiger partial charge in [0.1, 0.15) is 10.7 Å². The molecule has 0 unspecified atom stereocenters. The Balaban J connectivity index is 1.40. The lowest BCUT2D eigenvalue weighted by atomic mass is 9.94. The van der Waals surface area contributed by atoms with Gasteiger partial charge in [0.2, 0.25) is 5.95 Å². The first-order valence-electron chi connectivity index (χ1n) is 10.6. The van der Waals surface area contributed by atoms with E-state index >= 15 is 0 Å². The van der Waals surface area contributed by atoms with Crippen LogP contribution in [0, 0.1) is 0 Å². The van der Waals surface area contributed by atoms with E-state index in [2.05, 4.69) is 16.3 Å². The van der Waals surface area contributed by atoms with E-state index in [1.165, 1.54) is 17.7 Å². The number of hydrogen-bond acceptors (Lipinski definition) is 7. The van der Waals surface area contributed by atoms with Gasteiger partial charge < -0.3 is 9.80 Å². The number of thiophene rings is 1. The lowest BCUT2D eigenvalue weighted by molar-refractivity contribution is 0.0776. The molecule has 3 aromatic rings. The van der Waals surface area contributed by atoms with Gasteiger partial charge in [-0.2, -0.15) is 0 Å². The Labute approximate surface area is 184 Å². The zero-order chi connectivity index (χ0) is 20.5. The average Bonchev–Trinajstić information content (AvgIpc) is 3.54. The van der Waals surface area contributed by atoms with Crippen LogP contribution >= 0.6 is 22.7 Å². The van der Waals surface area contributed by atoms with Crippen molar-refractivity contribution in [3.63, 3.8) is 0 Å². The number of carbonyl (C=O) groups is 1. The summed E-state index contributed by atoms with van der Waals surface area (Å²) in [5.41, 5.74) is 3.64. The third kappa shape index (κ3) is 3.86. The normalized spacial score (nSPS) is 16.0. The molecule has 1 amide bonds. The topological polar surface area (TPSA) is 62.2 Å². The molecule has 0 bridgehead atoms. The van der Waals surface area contributed by atoms with Gasteiger partial charge in [-0.3, -0.25) is 4.79 Å². The first kappa shape index (κ1) is 19.6. The molecule has 8 heteroatoms. The highest BCUT2D eigenvalue weighted by Crippen LogP contribution is 2.29. The van der Waals surface area contributed by atoms with Crippen molar-refractivity contribution in [2.45, 2.75) is 45.1 Å². The monoisotopic (exact) mass is 439 g/mol. The standard InChI is InChI=1S/C22H25N5OS2/c1-26(13-15-14-30-20(23-15)18-9-6-12-29-18)21(28)19-16-7-2-3-8-17(16)24-22(25-19)27-10-4-5-11-27/h6,9,12,14H,2-5,7-8,10-11,13H2,1H3. The molecule has 0 spiro atoms. The number of nitrogens with zero attached hydrogens (tertiary/aromatic N) is 5. The molecule has 0 aromatic carbocycles. The van der Waals surface area contributed by atoms with E-state index in [4.69, 9.17) is 15.0 Å². The second kappa shape index (κ2) is 8.43. The molecule has 6 nitrogen and oxygen atoms in total. The van der Waals surface area contributed by atoms with Crippen LogP contribution in [0.15, 0.2) is 22.9 Å². The van der Waals surface area contributed by atoms with Crippen LogP contribution in [0.3, 0.4) is 0 Å². The van der Waals surface area contributed by atoms with Crippen molar-refractivity contribution in [3.05, 3.63) is 45.5 Å². The number of thiazole rings is 1. The molecule has 1 saturated heterocycles. The van der Waals surface area contributed by atoms with E-state index < -0.39 is 0 Å². The molecule has 0 atom stereocenters. The fourth-order valence-corrected chi connectivity index (χ4v) is 5.83. The Hall–Kier alpha value is -2.32. The van der Waals surface area contributed by atoms with Crippen molar-refractivity contribution in [3.8, 4) is 9.88 Å². The molecule has 1 aliphatic heterocycles. The summed E-state index contributed by atoms with van der Waals surface area (Å²) in [4.78, 5) is 32.9. The van der Waals surface area contributed by atoms with E-state index in [1.807, 2.05) is 18.5 Å². The third-order valence-electron chi connectivity index (χ3n) is 5.79. The molecule has 1 fully saturated rings. The van der Waals surface area contributed by atoms with Gasteiger partial charge in [0.05, 0.1) is 17.1 Å². The average molecular weight is 440 g/mol. The van der Waals surface area contributed by atoms with Crippen LogP contribution in [-0.4, -0.2) is 45.9 Å². The summed E-state index contributed by atoms with van der Waals surface area (Å²) >= 11 is 3.31. The first-order chi connectivity index (χ1) is 14.7. The number of aromatic nitrogens is 3. The lowest BCUT2D eigenvalue weighted by Gasteiger charge is -2.24. The second-order valence-electron chi connectivity index (χ2n) is 7.98. The molecule has 2 aliphatic rings. The summed E-state index contributed by atoms with van der Waals surface area (Å²) < 4.78 is 0.